The van der Waals surface area contributed by atoms with E-state index in [0.717, 1.165) is 12.3 Å². The summed E-state index contributed by atoms with van der Waals surface area (Å²) < 4.78 is 0. The van der Waals surface area contributed by atoms with Crippen molar-refractivity contribution >= 4 is 0 Å². The Balaban J connectivity index is 2.35. The van der Waals surface area contributed by atoms with Gasteiger partial charge in [-0.25, -0.2) is 0 Å². The average molecular weight is 260 g/mol. The number of hydrogen-bond donors (Lipinski definition) is 1. The molecule has 2 N–H and O–H groups in total. The maximum atomic E-state index is 6.66. The van der Waals surface area contributed by atoms with Crippen molar-refractivity contribution in [2.24, 2.45) is 5.73 Å². The van der Waals surface area contributed by atoms with Crippen molar-refractivity contribution in [3.63, 3.8) is 0 Å². The van der Waals surface area contributed by atoms with Crippen molar-refractivity contribution in [1.29, 1.82) is 0 Å². The van der Waals surface area contributed by atoms with E-state index >= 15 is 0 Å². The Morgan fingerprint density at radius 2 is 1.95 bits per heavy atom. The zero-order valence-electron chi connectivity index (χ0n) is 12.8. The lowest BCUT2D eigenvalue weighted by Gasteiger charge is -2.42. The summed E-state index contributed by atoms with van der Waals surface area (Å²) >= 11 is 0. The number of benzene rings is 1. The first-order valence-corrected chi connectivity index (χ1v) is 7.52. The summed E-state index contributed by atoms with van der Waals surface area (Å²) in [5.41, 5.74) is 9.52. The van der Waals surface area contributed by atoms with E-state index in [-0.39, 0.29) is 11.6 Å². The van der Waals surface area contributed by atoms with Crippen molar-refractivity contribution in [2.75, 3.05) is 14.1 Å². The zero-order chi connectivity index (χ0) is 14.0. The molecule has 0 bridgehead atoms. The Hall–Kier alpha value is -0.860. The van der Waals surface area contributed by atoms with E-state index in [9.17, 15) is 0 Å². The van der Waals surface area contributed by atoms with Gasteiger partial charge in [0.1, 0.15) is 0 Å². The van der Waals surface area contributed by atoms with Gasteiger partial charge >= 0.3 is 0 Å². The molecule has 1 aromatic rings. The Kier molecular flexibility index (Phi) is 4.32. The molecule has 2 heteroatoms. The highest BCUT2D eigenvalue weighted by Gasteiger charge is 2.35. The molecule has 0 saturated heterocycles. The fourth-order valence-corrected chi connectivity index (χ4v) is 3.03. The van der Waals surface area contributed by atoms with Crippen molar-refractivity contribution in [3.8, 4) is 0 Å². The molecule has 2 atom stereocenters. The van der Waals surface area contributed by atoms with Crippen LogP contribution in [0.4, 0.5) is 0 Å². The normalized spacial score (nSPS) is 20.9. The minimum Gasteiger partial charge on any atom is -0.322 e. The number of rotatable bonds is 5. The van der Waals surface area contributed by atoms with Crippen LogP contribution in [0.3, 0.4) is 0 Å². The number of hydrogen-bond acceptors (Lipinski definition) is 2. The van der Waals surface area contributed by atoms with Crippen LogP contribution in [0.1, 0.15) is 62.6 Å². The fraction of sp³-hybridized carbons (Fsp3) is 0.647. The third kappa shape index (κ3) is 2.56. The van der Waals surface area contributed by atoms with Gasteiger partial charge in [0.05, 0.1) is 0 Å². The molecular formula is C17H28N2. The third-order valence-electron chi connectivity index (χ3n) is 5.28. The van der Waals surface area contributed by atoms with Crippen LogP contribution in [-0.4, -0.2) is 24.5 Å². The average Bonchev–Trinajstić information content (AvgIpc) is 2.35. The van der Waals surface area contributed by atoms with E-state index in [0.29, 0.717) is 0 Å². The maximum absolute atomic E-state index is 6.66. The summed E-state index contributed by atoms with van der Waals surface area (Å²) in [6.07, 6.45) is 5.08. The molecular weight excluding hydrogens is 232 g/mol. The molecule has 1 fully saturated rings. The first kappa shape index (κ1) is 14.5. The number of nitrogens with two attached hydrogens (primary N) is 1. The first-order chi connectivity index (χ1) is 9.00. The van der Waals surface area contributed by atoms with Crippen LogP contribution in [0, 0.1) is 0 Å². The van der Waals surface area contributed by atoms with Crippen LogP contribution in [-0.2, 0) is 0 Å². The lowest BCUT2D eigenvalue weighted by atomic mass is 9.74. The first-order valence-electron chi connectivity index (χ1n) is 7.52. The van der Waals surface area contributed by atoms with Gasteiger partial charge in [0.25, 0.3) is 0 Å². The molecule has 1 aliphatic rings. The lowest BCUT2D eigenvalue weighted by molar-refractivity contribution is 0.131. The molecule has 2 nitrogen and oxygen atoms in total. The Bertz CT molecular complexity index is 423. The second-order valence-electron chi connectivity index (χ2n) is 6.34. The minimum absolute atomic E-state index is 0.0137. The van der Waals surface area contributed by atoms with Crippen LogP contribution in [0.2, 0.25) is 0 Å². The highest BCUT2D eigenvalue weighted by Crippen LogP contribution is 2.41. The van der Waals surface area contributed by atoms with Crippen LogP contribution in [0.25, 0.3) is 0 Å². The van der Waals surface area contributed by atoms with E-state index in [1.165, 1.54) is 30.4 Å². The molecule has 0 amide bonds. The van der Waals surface area contributed by atoms with E-state index in [2.05, 4.69) is 57.1 Å². The lowest BCUT2D eigenvalue weighted by Crippen LogP contribution is -2.49. The van der Waals surface area contributed by atoms with E-state index in [1.54, 1.807) is 0 Å². The Morgan fingerprint density at radius 3 is 2.42 bits per heavy atom. The quantitative estimate of drug-likeness (QED) is 0.875. The summed E-state index contributed by atoms with van der Waals surface area (Å²) in [6, 6.07) is 8.87. The molecule has 0 aliphatic heterocycles. The standard InChI is InChI=1S/C17H28N2/c1-5-17(2,19(3)4)16(18)15-12-7-6-11-14(15)13-9-8-10-13/h6-7,11-13,16H,5,8-10,18H2,1-4H3. The fourth-order valence-electron chi connectivity index (χ4n) is 3.03. The molecule has 1 aromatic carbocycles. The van der Waals surface area contributed by atoms with Gasteiger partial charge in [0, 0.05) is 11.6 Å². The molecule has 1 aliphatic carbocycles. The van der Waals surface area contributed by atoms with Gasteiger partial charge < -0.3 is 10.6 Å². The van der Waals surface area contributed by atoms with Crippen molar-refractivity contribution in [3.05, 3.63) is 35.4 Å². The predicted octanol–water partition coefficient (Wildman–Crippen LogP) is 3.68. The second-order valence-corrected chi connectivity index (χ2v) is 6.34. The SMILES string of the molecule is CCC(C)(C(N)c1ccccc1C1CCC1)N(C)C. The summed E-state index contributed by atoms with van der Waals surface area (Å²) in [4.78, 5) is 2.27. The van der Waals surface area contributed by atoms with Gasteiger partial charge in [0.2, 0.25) is 0 Å². The minimum atomic E-state index is 0.0137. The highest BCUT2D eigenvalue weighted by atomic mass is 15.2. The van der Waals surface area contributed by atoms with Crippen LogP contribution >= 0.6 is 0 Å². The largest absolute Gasteiger partial charge is 0.322 e. The monoisotopic (exact) mass is 260 g/mol. The van der Waals surface area contributed by atoms with Crippen LogP contribution < -0.4 is 5.73 Å². The predicted molar refractivity (Wildman–Crippen MR) is 82.3 cm³/mol. The van der Waals surface area contributed by atoms with Gasteiger partial charge in [-0.3, -0.25) is 0 Å². The summed E-state index contributed by atoms with van der Waals surface area (Å²) in [5, 5.41) is 0. The molecule has 2 unspecified atom stereocenters. The molecule has 1 saturated carbocycles. The second kappa shape index (κ2) is 5.64. The van der Waals surface area contributed by atoms with Gasteiger partial charge in [0.15, 0.2) is 0 Å². The van der Waals surface area contributed by atoms with Gasteiger partial charge in [-0.05, 0) is 57.3 Å². The Morgan fingerprint density at radius 1 is 1.32 bits per heavy atom. The molecule has 19 heavy (non-hydrogen) atoms. The number of nitrogens with zero attached hydrogens (tertiary/aromatic N) is 1. The molecule has 0 heterocycles. The summed E-state index contributed by atoms with van der Waals surface area (Å²) in [7, 11) is 4.27. The third-order valence-corrected chi connectivity index (χ3v) is 5.28. The van der Waals surface area contributed by atoms with Gasteiger partial charge in [-0.1, -0.05) is 37.6 Å². The summed E-state index contributed by atoms with van der Waals surface area (Å²) in [5.74, 6) is 0.741. The topological polar surface area (TPSA) is 29.3 Å². The van der Waals surface area contributed by atoms with E-state index < -0.39 is 0 Å². The molecule has 106 valence electrons. The van der Waals surface area contributed by atoms with Crippen molar-refractivity contribution in [2.45, 2.75) is 57.0 Å². The van der Waals surface area contributed by atoms with E-state index in [1.807, 2.05) is 0 Å². The molecule has 2 rings (SSSR count). The van der Waals surface area contributed by atoms with E-state index in [4.69, 9.17) is 5.73 Å². The van der Waals surface area contributed by atoms with Crippen LogP contribution in [0.5, 0.6) is 0 Å². The van der Waals surface area contributed by atoms with Crippen molar-refractivity contribution in [1.82, 2.24) is 4.90 Å². The van der Waals surface area contributed by atoms with Crippen molar-refractivity contribution < 1.29 is 0 Å². The Labute approximate surface area is 118 Å². The number of likely N-dealkylation sites (N-methyl/N-ethyl adjacent to an activating group) is 1. The molecule has 0 aromatic heterocycles. The molecule has 0 radical (unpaired) electrons. The van der Waals surface area contributed by atoms with Gasteiger partial charge in [-0.2, -0.15) is 0 Å². The molecule has 0 spiro atoms. The summed E-state index contributed by atoms with van der Waals surface area (Å²) in [6.45, 7) is 4.50. The maximum Gasteiger partial charge on any atom is 0.0481 e. The highest BCUT2D eigenvalue weighted by molar-refractivity contribution is 5.36. The van der Waals surface area contributed by atoms with Crippen LogP contribution in [0.15, 0.2) is 24.3 Å². The smallest absolute Gasteiger partial charge is 0.0481 e. The van der Waals surface area contributed by atoms with Gasteiger partial charge in [-0.15, -0.1) is 0 Å². The zero-order valence-corrected chi connectivity index (χ0v) is 12.8.